The van der Waals surface area contributed by atoms with Crippen molar-refractivity contribution in [3.05, 3.63) is 12.7 Å². The molecular weight excluding hydrogens is 154 g/mol. The van der Waals surface area contributed by atoms with Gasteiger partial charge in [-0.1, -0.05) is 6.58 Å². The second-order valence-electron chi connectivity index (χ2n) is 2.99. The quantitative estimate of drug-likeness (QED) is 0.585. The second kappa shape index (κ2) is 4.26. The Bertz CT molecular complexity index is 179. The maximum atomic E-state index is 11.3. The molecule has 1 aliphatic heterocycles. The lowest BCUT2D eigenvalue weighted by molar-refractivity contribution is -0.127. The number of carbonyl (C=O) groups excluding carboxylic acids is 1. The van der Waals surface area contributed by atoms with E-state index in [1.54, 1.807) is 7.11 Å². The van der Waals surface area contributed by atoms with Crippen LogP contribution in [0, 0.1) is 0 Å². The molecule has 0 bridgehead atoms. The van der Waals surface area contributed by atoms with E-state index >= 15 is 0 Å². The van der Waals surface area contributed by atoms with Gasteiger partial charge in [0.25, 0.3) is 0 Å². The molecule has 1 heterocycles. The molecular formula is C9H15NO2. The average molecular weight is 169 g/mol. The third-order valence-electron chi connectivity index (χ3n) is 2.19. The summed E-state index contributed by atoms with van der Waals surface area (Å²) in [6, 6.07) is 0.264. The molecule has 1 rings (SSSR count). The van der Waals surface area contributed by atoms with Gasteiger partial charge in [0.2, 0.25) is 5.91 Å². The summed E-state index contributed by atoms with van der Waals surface area (Å²) >= 11 is 0. The van der Waals surface area contributed by atoms with Gasteiger partial charge in [-0.05, 0) is 18.9 Å². The summed E-state index contributed by atoms with van der Waals surface area (Å²) in [4.78, 5) is 13.1. The molecule has 12 heavy (non-hydrogen) atoms. The van der Waals surface area contributed by atoms with E-state index in [0.29, 0.717) is 6.61 Å². The topological polar surface area (TPSA) is 29.5 Å². The molecule has 68 valence electrons. The lowest BCUT2D eigenvalue weighted by atomic mass is 10.2. The van der Waals surface area contributed by atoms with Gasteiger partial charge >= 0.3 is 0 Å². The smallest absolute Gasteiger partial charge is 0.246 e. The molecule has 0 aromatic rings. The number of likely N-dealkylation sites (tertiary alicyclic amines) is 1. The van der Waals surface area contributed by atoms with E-state index in [1.165, 1.54) is 6.08 Å². The number of hydrogen-bond donors (Lipinski definition) is 0. The van der Waals surface area contributed by atoms with Crippen LogP contribution in [-0.4, -0.2) is 37.1 Å². The molecule has 1 amide bonds. The van der Waals surface area contributed by atoms with Crippen molar-refractivity contribution in [1.29, 1.82) is 0 Å². The molecule has 0 unspecified atom stereocenters. The highest BCUT2D eigenvalue weighted by atomic mass is 16.5. The van der Waals surface area contributed by atoms with E-state index in [-0.39, 0.29) is 11.9 Å². The SMILES string of the molecule is C=CC(=O)N1CCC[C@H]1COC. The minimum absolute atomic E-state index is 0.0227. The Morgan fingerprint density at radius 3 is 3.17 bits per heavy atom. The predicted octanol–water partition coefficient (Wildman–Crippen LogP) is 0.810. The largest absolute Gasteiger partial charge is 0.383 e. The maximum absolute atomic E-state index is 11.3. The number of nitrogens with zero attached hydrogens (tertiary/aromatic N) is 1. The summed E-state index contributed by atoms with van der Waals surface area (Å²) in [5, 5.41) is 0. The van der Waals surface area contributed by atoms with Crippen LogP contribution in [0.25, 0.3) is 0 Å². The van der Waals surface area contributed by atoms with Gasteiger partial charge in [0.05, 0.1) is 12.6 Å². The first kappa shape index (κ1) is 9.26. The Kier molecular flexibility index (Phi) is 3.29. The van der Waals surface area contributed by atoms with Crippen molar-refractivity contribution < 1.29 is 9.53 Å². The Balaban J connectivity index is 2.51. The predicted molar refractivity (Wildman–Crippen MR) is 46.8 cm³/mol. The minimum Gasteiger partial charge on any atom is -0.383 e. The summed E-state index contributed by atoms with van der Waals surface area (Å²) in [7, 11) is 1.66. The number of methoxy groups -OCH3 is 1. The molecule has 0 spiro atoms. The molecule has 1 aliphatic rings. The lowest BCUT2D eigenvalue weighted by Gasteiger charge is -2.22. The lowest BCUT2D eigenvalue weighted by Crippen LogP contribution is -2.36. The first-order valence-corrected chi connectivity index (χ1v) is 4.21. The van der Waals surface area contributed by atoms with Gasteiger partial charge in [-0.3, -0.25) is 4.79 Å². The van der Waals surface area contributed by atoms with Crippen LogP contribution in [-0.2, 0) is 9.53 Å². The van der Waals surface area contributed by atoms with E-state index in [9.17, 15) is 4.79 Å². The van der Waals surface area contributed by atoms with Crippen LogP contribution in [0.15, 0.2) is 12.7 Å². The monoisotopic (exact) mass is 169 g/mol. The van der Waals surface area contributed by atoms with Crippen LogP contribution in [0.1, 0.15) is 12.8 Å². The van der Waals surface area contributed by atoms with Crippen LogP contribution >= 0.6 is 0 Å². The summed E-state index contributed by atoms with van der Waals surface area (Å²) in [5.41, 5.74) is 0. The molecule has 3 heteroatoms. The molecule has 0 saturated carbocycles. The normalized spacial score (nSPS) is 22.8. The van der Waals surface area contributed by atoms with Crippen LogP contribution in [0.3, 0.4) is 0 Å². The molecule has 1 atom stereocenters. The maximum Gasteiger partial charge on any atom is 0.246 e. The van der Waals surface area contributed by atoms with E-state index in [1.807, 2.05) is 4.90 Å². The van der Waals surface area contributed by atoms with Crippen molar-refractivity contribution in [1.82, 2.24) is 4.90 Å². The Hall–Kier alpha value is -0.830. The van der Waals surface area contributed by atoms with E-state index in [2.05, 4.69) is 6.58 Å². The highest BCUT2D eigenvalue weighted by Gasteiger charge is 2.26. The van der Waals surface area contributed by atoms with Crippen LogP contribution in [0.4, 0.5) is 0 Å². The van der Waals surface area contributed by atoms with Crippen molar-refractivity contribution in [2.24, 2.45) is 0 Å². The summed E-state index contributed by atoms with van der Waals surface area (Å²) < 4.78 is 5.02. The van der Waals surface area contributed by atoms with Crippen molar-refractivity contribution in [2.45, 2.75) is 18.9 Å². The fourth-order valence-corrected chi connectivity index (χ4v) is 1.61. The molecule has 0 aliphatic carbocycles. The molecule has 0 radical (unpaired) electrons. The van der Waals surface area contributed by atoms with Gasteiger partial charge in [-0.2, -0.15) is 0 Å². The van der Waals surface area contributed by atoms with Crippen molar-refractivity contribution >= 4 is 5.91 Å². The number of rotatable bonds is 3. The van der Waals surface area contributed by atoms with E-state index in [4.69, 9.17) is 4.74 Å². The van der Waals surface area contributed by atoms with Crippen LogP contribution in [0.5, 0.6) is 0 Å². The number of ether oxygens (including phenoxy) is 1. The molecule has 1 fully saturated rings. The Morgan fingerprint density at radius 1 is 1.83 bits per heavy atom. The molecule has 3 nitrogen and oxygen atoms in total. The number of carbonyl (C=O) groups is 1. The van der Waals surface area contributed by atoms with Gasteiger partial charge in [-0.25, -0.2) is 0 Å². The van der Waals surface area contributed by atoms with Gasteiger partial charge in [0.15, 0.2) is 0 Å². The number of amides is 1. The third kappa shape index (κ3) is 1.85. The molecule has 1 saturated heterocycles. The Labute approximate surface area is 73.0 Å². The summed E-state index contributed by atoms with van der Waals surface area (Å²) in [6.07, 6.45) is 3.50. The Morgan fingerprint density at radius 2 is 2.58 bits per heavy atom. The second-order valence-corrected chi connectivity index (χ2v) is 2.99. The zero-order chi connectivity index (χ0) is 8.97. The summed E-state index contributed by atoms with van der Waals surface area (Å²) in [6.45, 7) is 4.95. The van der Waals surface area contributed by atoms with Crippen LogP contribution in [0.2, 0.25) is 0 Å². The minimum atomic E-state index is 0.0227. The zero-order valence-electron chi connectivity index (χ0n) is 7.45. The molecule has 0 N–H and O–H groups in total. The van der Waals surface area contributed by atoms with Crippen molar-refractivity contribution in [3.8, 4) is 0 Å². The first-order valence-electron chi connectivity index (χ1n) is 4.21. The van der Waals surface area contributed by atoms with Crippen LogP contribution < -0.4 is 0 Å². The fraction of sp³-hybridized carbons (Fsp3) is 0.667. The standard InChI is InChI=1S/C9H15NO2/c1-3-9(11)10-6-4-5-8(10)7-12-2/h3,8H,1,4-7H2,2H3/t8-/m0/s1. The van der Waals surface area contributed by atoms with Gasteiger partial charge in [0, 0.05) is 13.7 Å². The fourth-order valence-electron chi connectivity index (χ4n) is 1.61. The van der Waals surface area contributed by atoms with E-state index < -0.39 is 0 Å². The first-order chi connectivity index (χ1) is 5.79. The van der Waals surface area contributed by atoms with Gasteiger partial charge in [-0.15, -0.1) is 0 Å². The highest BCUT2D eigenvalue weighted by molar-refractivity contribution is 5.87. The van der Waals surface area contributed by atoms with Crippen molar-refractivity contribution in [3.63, 3.8) is 0 Å². The van der Waals surface area contributed by atoms with Crippen molar-refractivity contribution in [2.75, 3.05) is 20.3 Å². The zero-order valence-corrected chi connectivity index (χ0v) is 7.45. The average Bonchev–Trinajstić information content (AvgIpc) is 2.52. The third-order valence-corrected chi connectivity index (χ3v) is 2.19. The van der Waals surface area contributed by atoms with Gasteiger partial charge in [0.1, 0.15) is 0 Å². The molecule has 0 aromatic carbocycles. The van der Waals surface area contributed by atoms with Gasteiger partial charge < -0.3 is 9.64 Å². The highest BCUT2D eigenvalue weighted by Crippen LogP contribution is 2.17. The molecule has 0 aromatic heterocycles. The summed E-state index contributed by atoms with van der Waals surface area (Å²) in [5.74, 6) is 0.0227. The van der Waals surface area contributed by atoms with E-state index in [0.717, 1.165) is 19.4 Å². The number of hydrogen-bond acceptors (Lipinski definition) is 2.